The Kier molecular flexibility index (Phi) is 6.01. The number of nitrogens with zero attached hydrogens (tertiary/aromatic N) is 1. The molecule has 0 aliphatic heterocycles. The van der Waals surface area contributed by atoms with Gasteiger partial charge in [0.1, 0.15) is 5.82 Å². The van der Waals surface area contributed by atoms with Crippen molar-refractivity contribution < 1.29 is 23.6 Å². The van der Waals surface area contributed by atoms with Gasteiger partial charge in [-0.15, -0.1) is 0 Å². The van der Waals surface area contributed by atoms with Crippen LogP contribution >= 0.6 is 0 Å². The summed E-state index contributed by atoms with van der Waals surface area (Å²) in [7, 11) is 2.93. The van der Waals surface area contributed by atoms with Crippen molar-refractivity contribution in [3.63, 3.8) is 0 Å². The minimum absolute atomic E-state index is 0.102. The van der Waals surface area contributed by atoms with Crippen LogP contribution in [0.5, 0.6) is 0 Å². The Morgan fingerprint density at radius 1 is 1.50 bits per heavy atom. The summed E-state index contributed by atoms with van der Waals surface area (Å²) in [5.74, 6) is -1.57. The molecule has 1 aromatic carbocycles. The van der Waals surface area contributed by atoms with Gasteiger partial charge in [-0.2, -0.15) is 0 Å². The van der Waals surface area contributed by atoms with Crippen LogP contribution < -0.4 is 5.32 Å². The number of amides is 1. The Balaban J connectivity index is 2.76. The molecule has 0 fully saturated rings. The van der Waals surface area contributed by atoms with Gasteiger partial charge in [-0.25, -0.2) is 4.39 Å². The number of rotatable bonds is 7. The van der Waals surface area contributed by atoms with E-state index in [9.17, 15) is 19.3 Å². The fourth-order valence-electron chi connectivity index (χ4n) is 1.50. The van der Waals surface area contributed by atoms with Gasteiger partial charge < -0.3 is 14.8 Å². The van der Waals surface area contributed by atoms with E-state index in [0.29, 0.717) is 0 Å². The molecule has 0 saturated carbocycles. The third-order valence-electron chi connectivity index (χ3n) is 2.58. The lowest BCUT2D eigenvalue weighted by Crippen LogP contribution is -2.36. The maximum atomic E-state index is 13.5. The van der Waals surface area contributed by atoms with E-state index in [4.69, 9.17) is 9.47 Å². The number of non-ortho nitro benzene ring substituents is 1. The van der Waals surface area contributed by atoms with Crippen LogP contribution in [0.15, 0.2) is 18.2 Å². The first kappa shape index (κ1) is 16.0. The number of hydrogen-bond donors (Lipinski definition) is 1. The summed E-state index contributed by atoms with van der Waals surface area (Å²) in [5.41, 5.74) is -0.733. The van der Waals surface area contributed by atoms with Gasteiger partial charge in [-0.05, 0) is 6.07 Å². The molecule has 1 amide bonds. The Morgan fingerprint density at radius 3 is 2.75 bits per heavy atom. The van der Waals surface area contributed by atoms with Crippen LogP contribution in [-0.2, 0) is 9.47 Å². The van der Waals surface area contributed by atoms with Crippen LogP contribution in [0.2, 0.25) is 0 Å². The second-order valence-electron chi connectivity index (χ2n) is 3.94. The highest BCUT2D eigenvalue weighted by Crippen LogP contribution is 2.16. The number of carbonyl (C=O) groups excluding carboxylic acids is 1. The predicted octanol–water partition coefficient (Wildman–Crippen LogP) is 1.13. The van der Waals surface area contributed by atoms with Gasteiger partial charge in [0, 0.05) is 32.9 Å². The summed E-state index contributed by atoms with van der Waals surface area (Å²) in [6.07, 6.45) is -0.384. The van der Waals surface area contributed by atoms with Crippen molar-refractivity contribution in [2.24, 2.45) is 0 Å². The van der Waals surface area contributed by atoms with E-state index in [1.54, 1.807) is 0 Å². The zero-order valence-corrected chi connectivity index (χ0v) is 11.1. The second kappa shape index (κ2) is 7.51. The lowest BCUT2D eigenvalue weighted by molar-refractivity contribution is -0.384. The number of methoxy groups -OCH3 is 2. The van der Waals surface area contributed by atoms with Crippen molar-refractivity contribution in [1.82, 2.24) is 5.32 Å². The fraction of sp³-hybridized carbons (Fsp3) is 0.417. The van der Waals surface area contributed by atoms with E-state index in [1.807, 2.05) is 0 Å². The summed E-state index contributed by atoms with van der Waals surface area (Å²) < 4.78 is 23.4. The Hall–Kier alpha value is -2.06. The first-order valence-electron chi connectivity index (χ1n) is 5.73. The minimum Gasteiger partial charge on any atom is -0.382 e. The number of nitro benzene ring substituents is 1. The highest BCUT2D eigenvalue weighted by atomic mass is 19.1. The molecule has 1 unspecified atom stereocenters. The SMILES string of the molecule is COCC(CNC(=O)c1cc([N+](=O)[O-])ccc1F)OC. The molecular formula is C12H15FN2O5. The summed E-state index contributed by atoms with van der Waals surface area (Å²) in [6, 6.07) is 2.77. The van der Waals surface area contributed by atoms with Crippen molar-refractivity contribution in [3.8, 4) is 0 Å². The van der Waals surface area contributed by atoms with Crippen LogP contribution in [0.3, 0.4) is 0 Å². The predicted molar refractivity (Wildman–Crippen MR) is 68.1 cm³/mol. The molecule has 0 aliphatic carbocycles. The summed E-state index contributed by atoms with van der Waals surface area (Å²) in [5, 5.41) is 13.0. The number of halogens is 1. The van der Waals surface area contributed by atoms with E-state index in [-0.39, 0.29) is 30.5 Å². The van der Waals surface area contributed by atoms with E-state index in [2.05, 4.69) is 5.32 Å². The molecule has 0 radical (unpaired) electrons. The van der Waals surface area contributed by atoms with Crippen molar-refractivity contribution in [2.75, 3.05) is 27.4 Å². The monoisotopic (exact) mass is 286 g/mol. The molecule has 0 aromatic heterocycles. The number of hydrogen-bond acceptors (Lipinski definition) is 5. The van der Waals surface area contributed by atoms with Gasteiger partial charge in [-0.1, -0.05) is 0 Å². The Labute approximate surface area is 114 Å². The van der Waals surface area contributed by atoms with Gasteiger partial charge in [-0.3, -0.25) is 14.9 Å². The van der Waals surface area contributed by atoms with Crippen LogP contribution in [0.25, 0.3) is 0 Å². The maximum Gasteiger partial charge on any atom is 0.270 e. The molecule has 0 aliphatic rings. The second-order valence-corrected chi connectivity index (χ2v) is 3.94. The number of carbonyl (C=O) groups is 1. The minimum atomic E-state index is -0.825. The molecule has 1 rings (SSSR count). The van der Waals surface area contributed by atoms with E-state index >= 15 is 0 Å². The summed E-state index contributed by atoms with van der Waals surface area (Å²) in [4.78, 5) is 21.7. The fourth-order valence-corrected chi connectivity index (χ4v) is 1.50. The molecule has 1 atom stereocenters. The van der Waals surface area contributed by atoms with Crippen LogP contribution in [0.1, 0.15) is 10.4 Å². The van der Waals surface area contributed by atoms with Gasteiger partial charge >= 0.3 is 0 Å². The molecule has 20 heavy (non-hydrogen) atoms. The molecule has 0 bridgehead atoms. The van der Waals surface area contributed by atoms with Crippen molar-refractivity contribution >= 4 is 11.6 Å². The molecule has 1 aromatic rings. The van der Waals surface area contributed by atoms with Crippen LogP contribution in [0, 0.1) is 15.9 Å². The zero-order valence-electron chi connectivity index (χ0n) is 11.1. The van der Waals surface area contributed by atoms with Crippen molar-refractivity contribution in [2.45, 2.75) is 6.10 Å². The first-order valence-corrected chi connectivity index (χ1v) is 5.73. The standard InChI is InChI=1S/C12H15FN2O5/c1-19-7-9(20-2)6-14-12(16)10-5-8(15(17)18)3-4-11(10)13/h3-5,9H,6-7H2,1-2H3,(H,14,16). The highest BCUT2D eigenvalue weighted by Gasteiger charge is 2.18. The highest BCUT2D eigenvalue weighted by molar-refractivity contribution is 5.95. The maximum absolute atomic E-state index is 13.5. The Morgan fingerprint density at radius 2 is 2.20 bits per heavy atom. The number of nitrogens with one attached hydrogen (secondary N) is 1. The lowest BCUT2D eigenvalue weighted by Gasteiger charge is -2.15. The average Bonchev–Trinajstić information content (AvgIpc) is 2.43. The normalized spacial score (nSPS) is 11.9. The van der Waals surface area contributed by atoms with Gasteiger partial charge in [0.05, 0.1) is 23.2 Å². The average molecular weight is 286 g/mol. The third-order valence-corrected chi connectivity index (χ3v) is 2.58. The quantitative estimate of drug-likeness (QED) is 0.599. The largest absolute Gasteiger partial charge is 0.382 e. The molecule has 0 heterocycles. The van der Waals surface area contributed by atoms with Gasteiger partial charge in [0.2, 0.25) is 0 Å². The molecular weight excluding hydrogens is 271 g/mol. The smallest absolute Gasteiger partial charge is 0.270 e. The molecule has 7 nitrogen and oxygen atoms in total. The zero-order chi connectivity index (χ0) is 15.1. The van der Waals surface area contributed by atoms with E-state index in [1.165, 1.54) is 14.2 Å². The van der Waals surface area contributed by atoms with Crippen LogP contribution in [0.4, 0.5) is 10.1 Å². The van der Waals surface area contributed by atoms with Crippen molar-refractivity contribution in [1.29, 1.82) is 0 Å². The van der Waals surface area contributed by atoms with Crippen LogP contribution in [-0.4, -0.2) is 44.3 Å². The molecule has 0 spiro atoms. The topological polar surface area (TPSA) is 90.7 Å². The van der Waals surface area contributed by atoms with E-state index < -0.39 is 16.6 Å². The molecule has 1 N–H and O–H groups in total. The number of nitro groups is 1. The van der Waals surface area contributed by atoms with Gasteiger partial charge in [0.15, 0.2) is 0 Å². The van der Waals surface area contributed by atoms with E-state index in [0.717, 1.165) is 18.2 Å². The first-order chi connectivity index (χ1) is 9.49. The number of ether oxygens (including phenoxy) is 2. The summed E-state index contributed by atoms with van der Waals surface area (Å²) in [6.45, 7) is 0.361. The summed E-state index contributed by atoms with van der Waals surface area (Å²) >= 11 is 0. The Bertz CT molecular complexity index is 495. The third kappa shape index (κ3) is 4.25. The molecule has 8 heteroatoms. The number of benzene rings is 1. The lowest BCUT2D eigenvalue weighted by atomic mass is 10.1. The molecule has 0 saturated heterocycles. The molecule has 110 valence electrons. The van der Waals surface area contributed by atoms with Crippen molar-refractivity contribution in [3.05, 3.63) is 39.7 Å². The van der Waals surface area contributed by atoms with Gasteiger partial charge in [0.25, 0.3) is 11.6 Å².